The normalized spacial score (nSPS) is 12.9. The summed E-state index contributed by atoms with van der Waals surface area (Å²) < 4.78 is 17.4. The quantitative estimate of drug-likeness (QED) is 0.0346. The van der Waals surface area contributed by atoms with E-state index in [0.717, 1.165) is 103 Å². The molecule has 0 fully saturated rings. The summed E-state index contributed by atoms with van der Waals surface area (Å²) in [6.45, 7) is 7.55. The van der Waals surface area contributed by atoms with Crippen molar-refractivity contribution in [1.82, 2.24) is 0 Å². The second-order valence-electron chi connectivity index (χ2n) is 17.0. The minimum Gasteiger partial charge on any atom is -0.462 e. The zero-order valence-corrected chi connectivity index (χ0v) is 40.9. The minimum absolute atomic E-state index is 0.0705. The van der Waals surface area contributed by atoms with Crippen LogP contribution in [0.4, 0.5) is 0 Å². The summed E-state index contributed by atoms with van der Waals surface area (Å²) >= 11 is 0. The summed E-state index contributed by atoms with van der Waals surface area (Å²) in [6.07, 6.45) is 68.7. The van der Waals surface area contributed by atoms with Crippen molar-refractivity contribution in [2.75, 3.05) is 19.8 Å². The van der Waals surface area contributed by atoms with Crippen molar-refractivity contribution in [3.63, 3.8) is 0 Å². The van der Waals surface area contributed by atoms with Crippen molar-refractivity contribution in [3.05, 3.63) is 85.1 Å². The zero-order valence-electron chi connectivity index (χ0n) is 40.9. The largest absolute Gasteiger partial charge is 0.462 e. The molecule has 0 aliphatic heterocycles. The van der Waals surface area contributed by atoms with Gasteiger partial charge in [0.15, 0.2) is 6.10 Å². The third-order valence-corrected chi connectivity index (χ3v) is 10.9. The van der Waals surface area contributed by atoms with Gasteiger partial charge in [0.25, 0.3) is 0 Å². The number of rotatable bonds is 47. The maximum atomic E-state index is 12.8. The van der Waals surface area contributed by atoms with Crippen molar-refractivity contribution in [1.29, 1.82) is 0 Å². The summed E-state index contributed by atoms with van der Waals surface area (Å²) in [5, 5.41) is 0. The fraction of sp³-hybridized carbons (Fsp3) is 0.719. The molecule has 0 spiro atoms. The third-order valence-electron chi connectivity index (χ3n) is 10.9. The second-order valence-corrected chi connectivity index (χ2v) is 17.0. The first-order valence-electron chi connectivity index (χ1n) is 26.1. The van der Waals surface area contributed by atoms with Gasteiger partial charge < -0.3 is 14.2 Å². The van der Waals surface area contributed by atoms with Crippen molar-refractivity contribution < 1.29 is 23.8 Å². The van der Waals surface area contributed by atoms with E-state index in [-0.39, 0.29) is 25.2 Å². The Balaban J connectivity index is 4.29. The molecule has 62 heavy (non-hydrogen) atoms. The fourth-order valence-electron chi connectivity index (χ4n) is 7.05. The smallest absolute Gasteiger partial charge is 0.306 e. The molecule has 5 nitrogen and oxygen atoms in total. The zero-order chi connectivity index (χ0) is 44.9. The maximum absolute atomic E-state index is 12.8. The highest BCUT2D eigenvalue weighted by atomic mass is 16.6. The minimum atomic E-state index is -0.552. The third kappa shape index (κ3) is 49.7. The molecule has 1 unspecified atom stereocenters. The van der Waals surface area contributed by atoms with Crippen LogP contribution in [0.15, 0.2) is 85.1 Å². The number of allylic oxidation sites excluding steroid dienone is 14. The Morgan fingerprint density at radius 3 is 1.18 bits per heavy atom. The van der Waals surface area contributed by atoms with Crippen LogP contribution in [0.5, 0.6) is 0 Å². The Bertz CT molecular complexity index is 1160. The average molecular weight is 863 g/mol. The van der Waals surface area contributed by atoms with Crippen LogP contribution in [0.3, 0.4) is 0 Å². The summed E-state index contributed by atoms with van der Waals surface area (Å²) in [5.41, 5.74) is 0. The van der Waals surface area contributed by atoms with Gasteiger partial charge in [0, 0.05) is 19.4 Å². The number of esters is 2. The van der Waals surface area contributed by atoms with Crippen LogP contribution in [0.1, 0.15) is 239 Å². The molecular formula is C57H98O5. The molecule has 0 saturated carbocycles. The van der Waals surface area contributed by atoms with E-state index < -0.39 is 6.10 Å². The van der Waals surface area contributed by atoms with Gasteiger partial charge in [-0.25, -0.2) is 0 Å². The van der Waals surface area contributed by atoms with Crippen LogP contribution in [0.25, 0.3) is 0 Å². The van der Waals surface area contributed by atoms with Crippen LogP contribution in [0.2, 0.25) is 0 Å². The van der Waals surface area contributed by atoms with E-state index >= 15 is 0 Å². The van der Waals surface area contributed by atoms with Gasteiger partial charge in [0.2, 0.25) is 0 Å². The molecule has 0 heterocycles. The van der Waals surface area contributed by atoms with Gasteiger partial charge in [-0.15, -0.1) is 0 Å². The van der Waals surface area contributed by atoms with Gasteiger partial charge in [-0.2, -0.15) is 0 Å². The van der Waals surface area contributed by atoms with Crippen LogP contribution in [0, 0.1) is 0 Å². The molecule has 0 saturated heterocycles. The van der Waals surface area contributed by atoms with Crippen LogP contribution in [-0.4, -0.2) is 37.9 Å². The highest BCUT2D eigenvalue weighted by molar-refractivity contribution is 5.70. The van der Waals surface area contributed by atoms with E-state index in [4.69, 9.17) is 14.2 Å². The van der Waals surface area contributed by atoms with Gasteiger partial charge in [0.05, 0.1) is 6.61 Å². The number of unbranched alkanes of at least 4 members (excludes halogenated alkanes) is 22. The SMILES string of the molecule is CC/C=C\C/C=C\C/C=C\CCCCCCCCCC(=O)OCC(COCCCCCCCC/C=C\CCCC)OC(=O)CCCCCCCCC/C=C\C/C=C\C/C=C\CC. The number of ether oxygens (including phenoxy) is 3. The van der Waals surface area contributed by atoms with E-state index in [1.54, 1.807) is 0 Å². The standard InChI is InChI=1S/C57H98O5/c1-4-7-10-13-16-19-22-25-27-29-31-33-35-38-41-44-47-50-56(58)61-54-55(53-60-52-49-46-43-40-37-24-21-18-15-12-9-6-3)62-57(59)51-48-45-42-39-36-34-32-30-28-26-23-20-17-14-11-8-5-2/h7-8,10-11,15-20,25-28,55H,4-6,9,12-14,21-24,29-54H2,1-3H3/b10-7-,11-8-,18-15-,19-16-,20-17-,27-25-,28-26-. The van der Waals surface area contributed by atoms with Crippen molar-refractivity contribution in [2.24, 2.45) is 0 Å². The first-order chi connectivity index (χ1) is 30.6. The van der Waals surface area contributed by atoms with E-state index in [1.807, 2.05) is 0 Å². The molecule has 0 amide bonds. The Morgan fingerprint density at radius 2 is 0.726 bits per heavy atom. The topological polar surface area (TPSA) is 61.8 Å². The predicted molar refractivity (Wildman–Crippen MR) is 270 cm³/mol. The van der Waals surface area contributed by atoms with Crippen molar-refractivity contribution in [3.8, 4) is 0 Å². The van der Waals surface area contributed by atoms with Crippen LogP contribution in [-0.2, 0) is 23.8 Å². The average Bonchev–Trinajstić information content (AvgIpc) is 3.27. The molecule has 0 aromatic carbocycles. The van der Waals surface area contributed by atoms with E-state index in [0.29, 0.717) is 19.4 Å². The fourth-order valence-corrected chi connectivity index (χ4v) is 7.05. The molecule has 0 rings (SSSR count). The molecule has 1 atom stereocenters. The molecule has 356 valence electrons. The second kappa shape index (κ2) is 52.4. The van der Waals surface area contributed by atoms with Gasteiger partial charge in [0.1, 0.15) is 6.61 Å². The lowest BCUT2D eigenvalue weighted by Crippen LogP contribution is -2.30. The molecule has 0 N–H and O–H groups in total. The Hall–Kier alpha value is -2.92. The number of hydrogen-bond acceptors (Lipinski definition) is 5. The summed E-state index contributed by atoms with van der Waals surface area (Å²) in [7, 11) is 0. The number of hydrogen-bond donors (Lipinski definition) is 0. The van der Waals surface area contributed by atoms with E-state index in [1.165, 1.54) is 103 Å². The van der Waals surface area contributed by atoms with Gasteiger partial charge in [-0.3, -0.25) is 9.59 Å². The number of carbonyl (C=O) groups excluding carboxylic acids is 2. The summed E-state index contributed by atoms with van der Waals surface area (Å²) in [6, 6.07) is 0. The van der Waals surface area contributed by atoms with Crippen LogP contribution >= 0.6 is 0 Å². The van der Waals surface area contributed by atoms with E-state index in [9.17, 15) is 9.59 Å². The Morgan fingerprint density at radius 1 is 0.371 bits per heavy atom. The highest BCUT2D eigenvalue weighted by Gasteiger charge is 2.17. The van der Waals surface area contributed by atoms with E-state index in [2.05, 4.69) is 106 Å². The van der Waals surface area contributed by atoms with Crippen molar-refractivity contribution >= 4 is 11.9 Å². The Labute approximate surface area is 384 Å². The molecule has 0 bridgehead atoms. The number of carbonyl (C=O) groups is 2. The molecule has 0 aliphatic carbocycles. The van der Waals surface area contributed by atoms with Gasteiger partial charge >= 0.3 is 11.9 Å². The first kappa shape index (κ1) is 59.1. The maximum Gasteiger partial charge on any atom is 0.306 e. The predicted octanol–water partition coefficient (Wildman–Crippen LogP) is 17.7. The van der Waals surface area contributed by atoms with Crippen molar-refractivity contribution in [2.45, 2.75) is 245 Å². The monoisotopic (exact) mass is 863 g/mol. The summed E-state index contributed by atoms with van der Waals surface area (Å²) in [4.78, 5) is 25.4. The molecule has 0 aliphatic rings. The highest BCUT2D eigenvalue weighted by Crippen LogP contribution is 2.14. The molecule has 0 aromatic rings. The Kier molecular flexibility index (Phi) is 50.0. The summed E-state index contributed by atoms with van der Waals surface area (Å²) in [5.74, 6) is -0.422. The van der Waals surface area contributed by atoms with Gasteiger partial charge in [-0.05, 0) is 103 Å². The molecule has 0 radical (unpaired) electrons. The lowest BCUT2D eigenvalue weighted by molar-refractivity contribution is -0.163. The lowest BCUT2D eigenvalue weighted by atomic mass is 10.1. The van der Waals surface area contributed by atoms with Crippen LogP contribution < -0.4 is 0 Å². The molecular weight excluding hydrogens is 765 g/mol. The molecule has 0 aromatic heterocycles. The first-order valence-corrected chi connectivity index (χ1v) is 26.1. The lowest BCUT2D eigenvalue weighted by Gasteiger charge is -2.18. The molecule has 5 heteroatoms. The van der Waals surface area contributed by atoms with Gasteiger partial charge in [-0.1, -0.05) is 209 Å².